The van der Waals surface area contributed by atoms with Gasteiger partial charge in [-0.2, -0.15) is 0 Å². The van der Waals surface area contributed by atoms with Crippen LogP contribution in [0.1, 0.15) is 72.3 Å². The molecule has 0 aromatic heterocycles. The summed E-state index contributed by atoms with van der Waals surface area (Å²) in [6.45, 7) is 13.7. The summed E-state index contributed by atoms with van der Waals surface area (Å²) in [6, 6.07) is 5.04. The van der Waals surface area contributed by atoms with Gasteiger partial charge in [-0.15, -0.1) is 0 Å². The van der Waals surface area contributed by atoms with Crippen LogP contribution in [-0.4, -0.2) is 122 Å². The van der Waals surface area contributed by atoms with E-state index in [0.717, 1.165) is 31.6 Å². The van der Waals surface area contributed by atoms with Gasteiger partial charge in [-0.3, -0.25) is 4.79 Å². The Bertz CT molecular complexity index is 1370. The Morgan fingerprint density at radius 3 is 2.36 bits per heavy atom. The smallest absolute Gasteiger partial charge is 0.410 e. The first kappa shape index (κ1) is 39.2. The molecular weight excluding hydrogens is 641 g/mol. The first-order chi connectivity index (χ1) is 23.7. The van der Waals surface area contributed by atoms with Crippen LogP contribution in [-0.2, 0) is 14.3 Å². The Morgan fingerprint density at radius 2 is 1.70 bits per heavy atom. The topological polar surface area (TPSA) is 115 Å². The molecule has 278 valence electrons. The number of ether oxygens (including phenoxy) is 2. The molecular formula is C38H58FN5O6. The molecule has 0 radical (unpaired) electrons. The number of aliphatic hydroxyl groups is 1. The number of nitrogens with one attached hydrogen (secondary N) is 1. The van der Waals surface area contributed by atoms with E-state index < -0.39 is 24.3 Å². The van der Waals surface area contributed by atoms with Crippen LogP contribution in [0.3, 0.4) is 0 Å². The van der Waals surface area contributed by atoms with Crippen molar-refractivity contribution in [1.29, 1.82) is 0 Å². The zero-order chi connectivity index (χ0) is 36.5. The number of rotatable bonds is 6. The van der Waals surface area contributed by atoms with E-state index in [1.165, 1.54) is 12.1 Å². The fraction of sp³-hybridized carbons (Fsp3) is 0.658. The standard InChI is InChI=1S/C38H58FN5O6/c1-25(2)40-37(47)43-14-12-31(13-15-43)42(7)32-22-29(21-30(39)23-32)20-28(5)36-27(4)9-11-34(26(3)8-10-33(45)24-35(46)50-36)49-38(48)44-18-16-41(6)17-19-44/h9,11,20-23,25-27,31,33-34,36,45H,8,10,12-19,24H2,1-7H3,(H,40,47)/b11-9-,28-20+/t26-,27-,33+,34-,36-/m0/s1. The number of halogens is 1. The van der Waals surface area contributed by atoms with E-state index in [1.807, 2.05) is 77.9 Å². The lowest BCUT2D eigenvalue weighted by molar-refractivity contribution is -0.151. The second-order valence-corrected chi connectivity index (χ2v) is 14.8. The highest BCUT2D eigenvalue weighted by Gasteiger charge is 2.30. The van der Waals surface area contributed by atoms with Gasteiger partial charge in [0.1, 0.15) is 18.0 Å². The second-order valence-electron chi connectivity index (χ2n) is 14.8. The molecule has 0 spiro atoms. The highest BCUT2D eigenvalue weighted by atomic mass is 19.1. The molecule has 50 heavy (non-hydrogen) atoms. The minimum Gasteiger partial charge on any atom is -0.457 e. The molecule has 12 heteroatoms. The van der Waals surface area contributed by atoms with Crippen molar-refractivity contribution in [2.45, 2.75) is 97.1 Å². The quantitative estimate of drug-likeness (QED) is 0.305. The Morgan fingerprint density at radius 1 is 1.02 bits per heavy atom. The van der Waals surface area contributed by atoms with Crippen molar-refractivity contribution in [3.8, 4) is 0 Å². The minimum atomic E-state index is -0.889. The fourth-order valence-corrected chi connectivity index (χ4v) is 6.86. The number of likely N-dealkylation sites (tertiary alicyclic amines) is 1. The van der Waals surface area contributed by atoms with E-state index in [-0.39, 0.29) is 48.3 Å². The molecule has 0 saturated carbocycles. The zero-order valence-electron chi connectivity index (χ0n) is 30.9. The number of nitrogens with zero attached hydrogens (tertiary/aromatic N) is 4. The van der Waals surface area contributed by atoms with Gasteiger partial charge in [-0.05, 0) is 94.8 Å². The average molecular weight is 700 g/mol. The van der Waals surface area contributed by atoms with Crippen molar-refractivity contribution in [2.75, 3.05) is 58.3 Å². The van der Waals surface area contributed by atoms with Crippen LogP contribution in [0, 0.1) is 17.7 Å². The maximum absolute atomic E-state index is 15.1. The van der Waals surface area contributed by atoms with E-state index in [0.29, 0.717) is 50.2 Å². The normalized spacial score (nSPS) is 27.2. The van der Waals surface area contributed by atoms with Crippen LogP contribution < -0.4 is 10.2 Å². The second kappa shape index (κ2) is 18.0. The van der Waals surface area contributed by atoms with Crippen molar-refractivity contribution in [3.05, 3.63) is 47.3 Å². The maximum atomic E-state index is 15.1. The summed E-state index contributed by atoms with van der Waals surface area (Å²) in [5, 5.41) is 13.6. The van der Waals surface area contributed by atoms with E-state index in [9.17, 15) is 19.5 Å². The van der Waals surface area contributed by atoms with Gasteiger partial charge in [0, 0.05) is 70.0 Å². The molecule has 4 rings (SSSR count). The Hall–Kier alpha value is -3.64. The van der Waals surface area contributed by atoms with E-state index in [4.69, 9.17) is 9.47 Å². The predicted molar refractivity (Wildman–Crippen MR) is 193 cm³/mol. The summed E-state index contributed by atoms with van der Waals surface area (Å²) in [4.78, 5) is 46.4. The molecule has 0 unspecified atom stereocenters. The number of amides is 3. The largest absolute Gasteiger partial charge is 0.457 e. The number of esters is 1. The van der Waals surface area contributed by atoms with Crippen molar-refractivity contribution < 1.29 is 33.4 Å². The van der Waals surface area contributed by atoms with Gasteiger partial charge in [-0.25, -0.2) is 14.0 Å². The highest BCUT2D eigenvalue weighted by Crippen LogP contribution is 2.29. The third-order valence-electron chi connectivity index (χ3n) is 10.1. The van der Waals surface area contributed by atoms with E-state index in [2.05, 4.69) is 15.1 Å². The Labute approximate surface area is 297 Å². The van der Waals surface area contributed by atoms with Gasteiger partial charge >= 0.3 is 18.1 Å². The number of urea groups is 1. The first-order valence-electron chi connectivity index (χ1n) is 18.2. The number of aliphatic hydroxyl groups excluding tert-OH is 1. The summed E-state index contributed by atoms with van der Waals surface area (Å²) in [7, 11) is 3.98. The number of piperazine rings is 1. The Kier molecular flexibility index (Phi) is 14.1. The maximum Gasteiger partial charge on any atom is 0.410 e. The van der Waals surface area contributed by atoms with Crippen molar-refractivity contribution in [2.24, 2.45) is 11.8 Å². The monoisotopic (exact) mass is 699 g/mol. The van der Waals surface area contributed by atoms with Crippen LogP contribution in [0.4, 0.5) is 19.7 Å². The molecule has 2 saturated heterocycles. The molecule has 1 aromatic rings. The summed E-state index contributed by atoms with van der Waals surface area (Å²) in [6.07, 6.45) is 5.49. The summed E-state index contributed by atoms with van der Waals surface area (Å²) in [5.74, 6) is -1.28. The Balaban J connectivity index is 1.51. The van der Waals surface area contributed by atoms with Crippen molar-refractivity contribution in [3.63, 3.8) is 0 Å². The fourth-order valence-electron chi connectivity index (χ4n) is 6.86. The molecule has 5 atom stereocenters. The molecule has 3 heterocycles. The van der Waals surface area contributed by atoms with Gasteiger partial charge in [0.05, 0.1) is 12.5 Å². The number of carbonyl (C=O) groups is 3. The molecule has 3 aliphatic heterocycles. The van der Waals surface area contributed by atoms with Crippen LogP contribution in [0.25, 0.3) is 6.08 Å². The third kappa shape index (κ3) is 11.2. The summed E-state index contributed by atoms with van der Waals surface area (Å²) < 4.78 is 27.1. The molecule has 0 bridgehead atoms. The van der Waals surface area contributed by atoms with Crippen molar-refractivity contribution in [1.82, 2.24) is 20.0 Å². The molecule has 3 amide bonds. The number of carbonyl (C=O) groups excluding carboxylic acids is 3. The van der Waals surface area contributed by atoms with Gasteiger partial charge < -0.3 is 39.5 Å². The van der Waals surface area contributed by atoms with Gasteiger partial charge in [0.25, 0.3) is 0 Å². The highest BCUT2D eigenvalue weighted by molar-refractivity contribution is 5.74. The van der Waals surface area contributed by atoms with E-state index >= 15 is 4.39 Å². The van der Waals surface area contributed by atoms with Crippen LogP contribution in [0.2, 0.25) is 0 Å². The SMILES string of the molecule is C/C(=C\c1cc(F)cc(N(C)C2CCN(C(=O)NC(C)C)CC2)c1)[C@H]1OC(=O)C[C@H](O)CC[C@H](C)[C@@H](OC(=O)N2CCN(C)CC2)/C=C\[C@@H]1C. The van der Waals surface area contributed by atoms with Crippen molar-refractivity contribution >= 4 is 29.9 Å². The van der Waals surface area contributed by atoms with Crippen LogP contribution in [0.15, 0.2) is 35.9 Å². The molecule has 3 aliphatic rings. The van der Waals surface area contributed by atoms with Crippen LogP contribution >= 0.6 is 0 Å². The van der Waals surface area contributed by atoms with Gasteiger partial charge in [-0.1, -0.05) is 26.0 Å². The molecule has 0 aliphatic carbocycles. The number of cyclic esters (lactones) is 1. The zero-order valence-corrected chi connectivity index (χ0v) is 30.9. The number of hydrogen-bond donors (Lipinski definition) is 2. The first-order valence-corrected chi connectivity index (χ1v) is 18.2. The lowest BCUT2D eigenvalue weighted by atomic mass is 9.91. The average Bonchev–Trinajstić information content (AvgIpc) is 3.06. The van der Waals surface area contributed by atoms with Crippen LogP contribution in [0.5, 0.6) is 0 Å². The third-order valence-corrected chi connectivity index (χ3v) is 10.1. The number of anilines is 1. The number of likely N-dealkylation sites (N-methyl/N-ethyl adjacent to an activating group) is 1. The number of benzene rings is 1. The predicted octanol–water partition coefficient (Wildman–Crippen LogP) is 5.29. The molecule has 1 aromatic carbocycles. The molecule has 11 nitrogen and oxygen atoms in total. The summed E-state index contributed by atoms with van der Waals surface area (Å²) in [5.41, 5.74) is 2.06. The summed E-state index contributed by atoms with van der Waals surface area (Å²) >= 11 is 0. The molecule has 2 N–H and O–H groups in total. The lowest BCUT2D eigenvalue weighted by Gasteiger charge is -2.38. The number of piperidine rings is 1. The van der Waals surface area contributed by atoms with Gasteiger partial charge in [0.2, 0.25) is 0 Å². The van der Waals surface area contributed by atoms with Gasteiger partial charge in [0.15, 0.2) is 0 Å². The minimum absolute atomic E-state index is 0.0579. The lowest BCUT2D eigenvalue weighted by Crippen LogP contribution is -2.50. The number of hydrogen-bond acceptors (Lipinski definition) is 8. The van der Waals surface area contributed by atoms with E-state index in [1.54, 1.807) is 4.90 Å². The molecule has 2 fully saturated rings.